The lowest BCUT2D eigenvalue weighted by atomic mass is 10.0. The molecular formula is C20H19N9O8S3. The van der Waals surface area contributed by atoms with Crippen LogP contribution in [0.1, 0.15) is 5.69 Å². The third-order valence-corrected chi connectivity index (χ3v) is 8.74. The van der Waals surface area contributed by atoms with E-state index in [-0.39, 0.29) is 39.6 Å². The molecule has 0 saturated carbocycles. The first-order chi connectivity index (χ1) is 19.1. The number of nitrogens with two attached hydrogens (primary N) is 1. The molecule has 5 rings (SSSR count). The number of thiazole rings is 1. The van der Waals surface area contributed by atoms with E-state index in [0.29, 0.717) is 5.57 Å². The lowest BCUT2D eigenvalue weighted by molar-refractivity contribution is -0.150. The monoisotopic (exact) mass is 609 g/mol. The number of thioether (sulfide) groups is 1. The smallest absolute Gasteiger partial charge is 0.352 e. The Hall–Kier alpha value is -4.27. The van der Waals surface area contributed by atoms with Crippen LogP contribution in [0, 0.1) is 0 Å². The predicted molar refractivity (Wildman–Crippen MR) is 141 cm³/mol. The Kier molecular flexibility index (Phi) is 7.31. The Bertz CT molecular complexity index is 1450. The first-order valence-electron chi connectivity index (χ1n) is 11.1. The van der Waals surface area contributed by atoms with Crippen molar-refractivity contribution >= 4 is 75.5 Å². The number of hydrazine groups is 2. The molecule has 3 amide bonds. The number of nitrogens with one attached hydrogen (secondary N) is 3. The number of amides is 3. The summed E-state index contributed by atoms with van der Waals surface area (Å²) in [5, 5.41) is 30.1. The summed E-state index contributed by atoms with van der Waals surface area (Å²) in [6.45, 7) is 0. The van der Waals surface area contributed by atoms with E-state index in [1.165, 1.54) is 34.9 Å². The summed E-state index contributed by atoms with van der Waals surface area (Å²) in [7, 11) is 1.25. The van der Waals surface area contributed by atoms with E-state index >= 15 is 0 Å². The maximum Gasteiger partial charge on any atom is 0.352 e. The van der Waals surface area contributed by atoms with Crippen LogP contribution in [0.4, 0.5) is 5.13 Å². The van der Waals surface area contributed by atoms with E-state index in [1.807, 2.05) is 0 Å². The fourth-order valence-corrected chi connectivity index (χ4v) is 6.87. The Morgan fingerprint density at radius 1 is 1.32 bits per heavy atom. The molecule has 17 nitrogen and oxygen atoms in total. The molecule has 0 spiro atoms. The Morgan fingerprint density at radius 3 is 2.75 bits per heavy atom. The van der Waals surface area contributed by atoms with Crippen LogP contribution in [-0.4, -0.2) is 94.9 Å². The molecule has 4 aliphatic rings. The van der Waals surface area contributed by atoms with E-state index in [4.69, 9.17) is 15.7 Å². The molecule has 4 aliphatic heterocycles. The number of β-lactam (4-membered cyclic amide) rings is 1. The molecule has 5 heterocycles. The second-order valence-corrected chi connectivity index (χ2v) is 11.1. The van der Waals surface area contributed by atoms with E-state index in [0.717, 1.165) is 39.4 Å². The fourth-order valence-electron chi connectivity index (χ4n) is 4.00. The van der Waals surface area contributed by atoms with Crippen molar-refractivity contribution in [1.82, 2.24) is 35.5 Å². The lowest BCUT2D eigenvalue weighted by Gasteiger charge is -2.49. The van der Waals surface area contributed by atoms with Crippen LogP contribution in [0.3, 0.4) is 0 Å². The van der Waals surface area contributed by atoms with Gasteiger partial charge in [-0.1, -0.05) is 5.16 Å². The molecule has 210 valence electrons. The van der Waals surface area contributed by atoms with E-state index in [1.54, 1.807) is 0 Å². The zero-order valence-corrected chi connectivity index (χ0v) is 22.6. The van der Waals surface area contributed by atoms with Gasteiger partial charge in [0.1, 0.15) is 41.3 Å². The van der Waals surface area contributed by atoms with Gasteiger partial charge in [-0.15, -0.1) is 28.6 Å². The van der Waals surface area contributed by atoms with E-state index in [9.17, 15) is 29.1 Å². The summed E-state index contributed by atoms with van der Waals surface area (Å²) < 4.78 is 1.41. The number of hydrogen-bond donors (Lipinski definition) is 6. The number of carboxylic acids is 2. The molecule has 20 heteroatoms. The average molecular weight is 610 g/mol. The minimum atomic E-state index is -1.39. The van der Waals surface area contributed by atoms with Crippen LogP contribution in [0.5, 0.6) is 0 Å². The fraction of sp³-hybridized carbons (Fsp3) is 0.250. The number of nitrogens with zero attached hydrogens (tertiary/aromatic N) is 5. The molecule has 2 atom stereocenters. The highest BCUT2D eigenvalue weighted by Gasteiger charge is 2.54. The number of aromatic nitrogens is 1. The number of carboxylic acid groups (broad SMARTS) is 2. The standard InChI is InChI=1S/C20H19N9O8S3/c1-37-25-11(9-6-39-20(21)23-9)14(30)24-12-16(32)28-13(19(35)36)7(4-38-17(12)28)5-40-27-3-10-22-2-8(18(33)34)15(31)29(10)26-27/h2-3,6,12,17,22,26H,4-5H2,1H3,(H2,21,23)(H,24,30)(H,33,34)(H,35,36)/t12-,17-/m1/s1. The number of carbonyl (C=O) groups excluding carboxylic acids is 3. The maximum atomic E-state index is 13.0. The summed E-state index contributed by atoms with van der Waals surface area (Å²) in [6.07, 6.45) is 2.57. The Balaban J connectivity index is 1.25. The first-order valence-corrected chi connectivity index (χ1v) is 14.0. The second-order valence-electron chi connectivity index (χ2n) is 8.17. The van der Waals surface area contributed by atoms with Gasteiger partial charge in [-0.2, -0.15) is 0 Å². The minimum Gasteiger partial charge on any atom is -0.477 e. The van der Waals surface area contributed by atoms with Gasteiger partial charge in [0.15, 0.2) is 10.8 Å². The highest BCUT2D eigenvalue weighted by Crippen LogP contribution is 2.41. The molecule has 1 aromatic rings. The Morgan fingerprint density at radius 2 is 2.10 bits per heavy atom. The van der Waals surface area contributed by atoms with Crippen LogP contribution in [0.2, 0.25) is 0 Å². The van der Waals surface area contributed by atoms with Gasteiger partial charge in [-0.25, -0.2) is 24.0 Å². The van der Waals surface area contributed by atoms with Gasteiger partial charge in [0.05, 0.1) is 6.20 Å². The SMILES string of the molecule is CON=C(C(=O)N[C@@H]1C(=O)N2C(C(=O)O)=C(CSN3C=C4NC=C(C(=O)O)C(=O)N4N3)CS[C@H]12)c1csc(N)n1. The van der Waals surface area contributed by atoms with E-state index in [2.05, 4.69) is 26.3 Å². The molecule has 1 aromatic heterocycles. The topological polar surface area (TPSA) is 232 Å². The van der Waals surface area contributed by atoms with Crippen LogP contribution in [0.15, 0.2) is 45.6 Å². The summed E-state index contributed by atoms with van der Waals surface area (Å²) in [6, 6.07) is -1.01. The number of hydrogen-bond acceptors (Lipinski definition) is 15. The molecule has 0 radical (unpaired) electrons. The summed E-state index contributed by atoms with van der Waals surface area (Å²) >= 11 is 3.46. The van der Waals surface area contributed by atoms with Crippen molar-refractivity contribution in [3.8, 4) is 0 Å². The van der Waals surface area contributed by atoms with Crippen LogP contribution >= 0.6 is 35.0 Å². The van der Waals surface area contributed by atoms with Gasteiger partial charge in [0.25, 0.3) is 17.7 Å². The molecule has 0 aliphatic carbocycles. The normalized spacial score (nSPS) is 22.1. The number of aliphatic carboxylic acids is 2. The highest BCUT2D eigenvalue weighted by molar-refractivity contribution is 8.00. The summed E-state index contributed by atoms with van der Waals surface area (Å²) in [5.74, 6) is -4.18. The van der Waals surface area contributed by atoms with Crippen LogP contribution in [0.25, 0.3) is 0 Å². The molecular weight excluding hydrogens is 590 g/mol. The van der Waals surface area contributed by atoms with Crippen molar-refractivity contribution in [2.75, 3.05) is 24.3 Å². The number of rotatable bonds is 9. The molecule has 1 saturated heterocycles. The maximum absolute atomic E-state index is 13.0. The highest BCUT2D eigenvalue weighted by atomic mass is 32.2. The zero-order valence-electron chi connectivity index (χ0n) is 20.2. The molecule has 0 aromatic carbocycles. The van der Waals surface area contributed by atoms with E-state index < -0.39 is 46.6 Å². The van der Waals surface area contributed by atoms with Gasteiger partial charge < -0.3 is 31.4 Å². The van der Waals surface area contributed by atoms with Gasteiger partial charge >= 0.3 is 11.9 Å². The van der Waals surface area contributed by atoms with Crippen LogP contribution < -0.4 is 21.9 Å². The summed E-state index contributed by atoms with van der Waals surface area (Å²) in [5.41, 5.74) is 8.10. The second kappa shape index (κ2) is 10.7. The van der Waals surface area contributed by atoms with Crippen molar-refractivity contribution in [2.24, 2.45) is 5.16 Å². The van der Waals surface area contributed by atoms with Crippen molar-refractivity contribution in [3.05, 3.63) is 46.1 Å². The quantitative estimate of drug-likeness (QED) is 0.0608. The first kappa shape index (κ1) is 27.3. The lowest BCUT2D eigenvalue weighted by Crippen LogP contribution is -2.71. The van der Waals surface area contributed by atoms with Crippen molar-refractivity contribution in [1.29, 1.82) is 0 Å². The third-order valence-electron chi connectivity index (χ3n) is 5.78. The average Bonchev–Trinajstić information content (AvgIpc) is 3.54. The number of carbonyl (C=O) groups is 5. The van der Waals surface area contributed by atoms with Gasteiger partial charge in [-0.05, 0) is 17.5 Å². The summed E-state index contributed by atoms with van der Waals surface area (Å²) in [4.78, 5) is 71.5. The van der Waals surface area contributed by atoms with Crippen molar-refractivity contribution in [2.45, 2.75) is 11.4 Å². The molecule has 0 bridgehead atoms. The number of oxime groups is 1. The largest absolute Gasteiger partial charge is 0.477 e. The van der Waals surface area contributed by atoms with Gasteiger partial charge in [0.2, 0.25) is 0 Å². The molecule has 40 heavy (non-hydrogen) atoms. The zero-order chi connectivity index (χ0) is 28.7. The van der Waals surface area contributed by atoms with Crippen LogP contribution in [-0.2, 0) is 28.8 Å². The molecule has 0 unspecified atom stereocenters. The van der Waals surface area contributed by atoms with Crippen molar-refractivity contribution < 1.29 is 39.0 Å². The number of anilines is 1. The van der Waals surface area contributed by atoms with Crippen molar-refractivity contribution in [3.63, 3.8) is 0 Å². The van der Waals surface area contributed by atoms with Gasteiger partial charge in [0, 0.05) is 23.1 Å². The predicted octanol–water partition coefficient (Wildman–Crippen LogP) is -1.60. The molecule has 7 N–H and O–H groups in total. The number of nitrogen functional groups attached to an aromatic ring is 1. The number of fused-ring (bicyclic) bond motifs is 2. The Labute approximate surface area is 236 Å². The third kappa shape index (κ3) is 4.80. The molecule has 1 fully saturated rings. The minimum absolute atomic E-state index is 0.121. The van der Waals surface area contributed by atoms with Gasteiger partial charge in [-0.3, -0.25) is 19.3 Å².